The minimum Gasteiger partial charge on any atom is -0.376 e. The smallest absolute Gasteiger partial charge is 0.251 e. The fraction of sp³-hybridized carbons (Fsp3) is 0.533. The van der Waals surface area contributed by atoms with Gasteiger partial charge in [-0.15, -0.1) is 0 Å². The molecule has 1 aromatic rings. The van der Waals surface area contributed by atoms with Crippen molar-refractivity contribution in [3.8, 4) is 0 Å². The fourth-order valence-corrected chi connectivity index (χ4v) is 3.23. The Kier molecular flexibility index (Phi) is 5.00. The fourth-order valence-electron chi connectivity index (χ4n) is 2.44. The lowest BCUT2D eigenvalue weighted by atomic mass is 10.1. The molecule has 1 aromatic carbocycles. The molecule has 0 spiro atoms. The largest absolute Gasteiger partial charge is 0.376 e. The maximum atomic E-state index is 12.1. The zero-order chi connectivity index (χ0) is 15.5. The normalized spacial score (nSPS) is 20.2. The average Bonchev–Trinajstić information content (AvgIpc) is 2.91. The molecule has 6 heteroatoms. The molecule has 2 unspecified atom stereocenters. The second-order valence-corrected chi connectivity index (χ2v) is 7.72. The molecule has 2 rings (SSSR count). The monoisotopic (exact) mass is 311 g/mol. The second kappa shape index (κ2) is 6.58. The Hall–Kier alpha value is -1.40. The van der Waals surface area contributed by atoms with Crippen LogP contribution in [0.15, 0.2) is 24.3 Å². The van der Waals surface area contributed by atoms with E-state index in [1.165, 1.54) is 6.26 Å². The highest BCUT2D eigenvalue weighted by molar-refractivity contribution is 7.89. The van der Waals surface area contributed by atoms with Gasteiger partial charge in [0, 0.05) is 18.4 Å². The van der Waals surface area contributed by atoms with Crippen LogP contribution < -0.4 is 5.32 Å². The van der Waals surface area contributed by atoms with Crippen molar-refractivity contribution in [1.29, 1.82) is 0 Å². The van der Waals surface area contributed by atoms with Gasteiger partial charge in [0.2, 0.25) is 0 Å². The lowest BCUT2D eigenvalue weighted by Crippen LogP contribution is -2.40. The second-order valence-electron chi connectivity index (χ2n) is 5.58. The number of carbonyl (C=O) groups is 1. The Morgan fingerprint density at radius 1 is 1.38 bits per heavy atom. The number of hydrogen-bond acceptors (Lipinski definition) is 4. The van der Waals surface area contributed by atoms with E-state index >= 15 is 0 Å². The van der Waals surface area contributed by atoms with Gasteiger partial charge >= 0.3 is 0 Å². The molecule has 1 N–H and O–H groups in total. The summed E-state index contributed by atoms with van der Waals surface area (Å²) < 4.78 is 28.0. The summed E-state index contributed by atoms with van der Waals surface area (Å²) >= 11 is 0. The topological polar surface area (TPSA) is 72.5 Å². The third-order valence-electron chi connectivity index (χ3n) is 3.53. The van der Waals surface area contributed by atoms with Crippen LogP contribution in [-0.4, -0.2) is 39.3 Å². The van der Waals surface area contributed by atoms with Gasteiger partial charge in [0.15, 0.2) is 9.84 Å². The van der Waals surface area contributed by atoms with Crippen LogP contribution in [0, 0.1) is 0 Å². The maximum Gasteiger partial charge on any atom is 0.251 e. The zero-order valence-corrected chi connectivity index (χ0v) is 13.2. The van der Waals surface area contributed by atoms with E-state index in [9.17, 15) is 13.2 Å². The first kappa shape index (κ1) is 16.0. The van der Waals surface area contributed by atoms with Crippen LogP contribution in [0.4, 0.5) is 0 Å². The Labute approximate surface area is 125 Å². The highest BCUT2D eigenvalue weighted by Crippen LogP contribution is 2.16. The van der Waals surface area contributed by atoms with Crippen molar-refractivity contribution in [2.45, 2.75) is 37.7 Å². The van der Waals surface area contributed by atoms with E-state index in [4.69, 9.17) is 4.74 Å². The summed E-state index contributed by atoms with van der Waals surface area (Å²) in [4.78, 5) is 12.1. The molecular formula is C15H21NO4S. The van der Waals surface area contributed by atoms with E-state index in [-0.39, 0.29) is 23.8 Å². The standard InChI is InChI=1S/C15H21NO4S/c1-11(14-4-3-9-20-14)16-15(17)13-7-5-12(6-8-13)10-21(2,18)19/h5-8,11,14H,3-4,9-10H2,1-2H3,(H,16,17). The van der Waals surface area contributed by atoms with Crippen LogP contribution in [0.5, 0.6) is 0 Å². The van der Waals surface area contributed by atoms with Crippen molar-refractivity contribution >= 4 is 15.7 Å². The number of rotatable bonds is 5. The van der Waals surface area contributed by atoms with Gasteiger partial charge in [-0.2, -0.15) is 0 Å². The molecule has 0 aromatic heterocycles. The van der Waals surface area contributed by atoms with Crippen LogP contribution in [0.3, 0.4) is 0 Å². The lowest BCUT2D eigenvalue weighted by molar-refractivity contribution is 0.0712. The number of nitrogens with one attached hydrogen (secondary N) is 1. The van der Waals surface area contributed by atoms with Gasteiger partial charge in [-0.05, 0) is 37.5 Å². The summed E-state index contributed by atoms with van der Waals surface area (Å²) in [5, 5.41) is 2.92. The predicted octanol–water partition coefficient (Wildman–Crippen LogP) is 1.53. The van der Waals surface area contributed by atoms with Gasteiger partial charge in [0.05, 0.1) is 17.9 Å². The lowest BCUT2D eigenvalue weighted by Gasteiger charge is -2.20. The van der Waals surface area contributed by atoms with Crippen molar-refractivity contribution in [1.82, 2.24) is 5.32 Å². The molecule has 1 aliphatic heterocycles. The third kappa shape index (κ3) is 4.82. The van der Waals surface area contributed by atoms with Gasteiger partial charge < -0.3 is 10.1 Å². The Balaban J connectivity index is 1.96. The van der Waals surface area contributed by atoms with Crippen molar-refractivity contribution < 1.29 is 17.9 Å². The van der Waals surface area contributed by atoms with Crippen LogP contribution in [0.25, 0.3) is 0 Å². The van der Waals surface area contributed by atoms with E-state index in [1.807, 2.05) is 6.92 Å². The molecule has 116 valence electrons. The highest BCUT2D eigenvalue weighted by atomic mass is 32.2. The number of carbonyl (C=O) groups excluding carboxylic acids is 1. The minimum atomic E-state index is -3.06. The number of benzene rings is 1. The molecule has 21 heavy (non-hydrogen) atoms. The van der Waals surface area contributed by atoms with Gasteiger partial charge in [-0.25, -0.2) is 8.42 Å². The number of sulfone groups is 1. The van der Waals surface area contributed by atoms with Crippen LogP contribution in [0.2, 0.25) is 0 Å². The van der Waals surface area contributed by atoms with E-state index in [0.29, 0.717) is 11.1 Å². The van der Waals surface area contributed by atoms with Gasteiger partial charge in [-0.1, -0.05) is 12.1 Å². The van der Waals surface area contributed by atoms with E-state index in [0.717, 1.165) is 19.4 Å². The molecule has 0 aliphatic carbocycles. The first-order chi connectivity index (χ1) is 9.85. The summed E-state index contributed by atoms with van der Waals surface area (Å²) in [5.74, 6) is -0.176. The van der Waals surface area contributed by atoms with Crippen molar-refractivity contribution in [3.05, 3.63) is 35.4 Å². The highest BCUT2D eigenvalue weighted by Gasteiger charge is 2.23. The van der Waals surface area contributed by atoms with E-state index < -0.39 is 9.84 Å². The molecule has 0 radical (unpaired) electrons. The predicted molar refractivity (Wildman–Crippen MR) is 80.9 cm³/mol. The van der Waals surface area contributed by atoms with Gasteiger partial charge in [-0.3, -0.25) is 4.79 Å². The summed E-state index contributed by atoms with van der Waals surface area (Å²) in [7, 11) is -3.06. The Morgan fingerprint density at radius 2 is 2.05 bits per heavy atom. The molecule has 1 amide bonds. The summed E-state index contributed by atoms with van der Waals surface area (Å²) in [5.41, 5.74) is 1.21. The Morgan fingerprint density at radius 3 is 2.57 bits per heavy atom. The van der Waals surface area contributed by atoms with Crippen LogP contribution in [0.1, 0.15) is 35.7 Å². The van der Waals surface area contributed by atoms with Gasteiger partial charge in [0.25, 0.3) is 5.91 Å². The molecule has 1 aliphatic rings. The zero-order valence-electron chi connectivity index (χ0n) is 12.3. The number of ether oxygens (including phenoxy) is 1. The maximum absolute atomic E-state index is 12.1. The molecule has 5 nitrogen and oxygen atoms in total. The molecule has 1 saturated heterocycles. The quantitative estimate of drug-likeness (QED) is 0.895. The Bertz CT molecular complexity index is 589. The molecule has 0 saturated carbocycles. The molecule has 1 heterocycles. The van der Waals surface area contributed by atoms with Crippen molar-refractivity contribution in [2.24, 2.45) is 0 Å². The minimum absolute atomic E-state index is 0.0127. The van der Waals surface area contributed by atoms with Crippen LogP contribution in [-0.2, 0) is 20.3 Å². The van der Waals surface area contributed by atoms with Crippen molar-refractivity contribution in [2.75, 3.05) is 12.9 Å². The van der Waals surface area contributed by atoms with Crippen molar-refractivity contribution in [3.63, 3.8) is 0 Å². The summed E-state index contributed by atoms with van der Waals surface area (Å²) in [6.45, 7) is 2.69. The summed E-state index contributed by atoms with van der Waals surface area (Å²) in [6, 6.07) is 6.62. The summed E-state index contributed by atoms with van der Waals surface area (Å²) in [6.07, 6.45) is 3.27. The molecule has 0 bridgehead atoms. The van der Waals surface area contributed by atoms with Crippen LogP contribution >= 0.6 is 0 Å². The average molecular weight is 311 g/mol. The van der Waals surface area contributed by atoms with E-state index in [1.54, 1.807) is 24.3 Å². The molecule has 2 atom stereocenters. The SMILES string of the molecule is CC(NC(=O)c1ccc(CS(C)(=O)=O)cc1)C1CCCO1. The molecular weight excluding hydrogens is 290 g/mol. The first-order valence-electron chi connectivity index (χ1n) is 7.04. The number of hydrogen-bond donors (Lipinski definition) is 1. The van der Waals surface area contributed by atoms with Gasteiger partial charge in [0.1, 0.15) is 0 Å². The molecule has 1 fully saturated rings. The van der Waals surface area contributed by atoms with E-state index in [2.05, 4.69) is 5.32 Å². The number of amides is 1. The first-order valence-corrected chi connectivity index (χ1v) is 9.10. The third-order valence-corrected chi connectivity index (χ3v) is 4.38.